The number of carbonyl (C=O) groups excluding carboxylic acids is 1. The number of ether oxygens (including phenoxy) is 3. The van der Waals surface area contributed by atoms with Crippen molar-refractivity contribution in [1.82, 2.24) is 15.5 Å². The van der Waals surface area contributed by atoms with Crippen molar-refractivity contribution < 1.29 is 23.5 Å². The van der Waals surface area contributed by atoms with Gasteiger partial charge in [-0.1, -0.05) is 5.16 Å². The normalized spacial score (nSPS) is 11.8. The Morgan fingerprint density at radius 2 is 1.67 bits per heavy atom. The molecule has 0 aliphatic heterocycles. The molecule has 1 atom stereocenters. The molecule has 2 heterocycles. The first kappa shape index (κ1) is 22.1. The molecule has 2 aromatic heterocycles. The van der Waals surface area contributed by atoms with Crippen LogP contribution in [0.15, 0.2) is 53.1 Å². The Kier molecular flexibility index (Phi) is 6.17. The lowest BCUT2D eigenvalue weighted by Crippen LogP contribution is -2.27. The van der Waals surface area contributed by atoms with Gasteiger partial charge in [0.15, 0.2) is 0 Å². The summed E-state index contributed by atoms with van der Waals surface area (Å²) in [5.74, 6) is 1.78. The van der Waals surface area contributed by atoms with Crippen molar-refractivity contribution in [3.63, 3.8) is 0 Å². The number of aromatic nitrogens is 2. The van der Waals surface area contributed by atoms with Crippen LogP contribution < -0.4 is 19.5 Å². The summed E-state index contributed by atoms with van der Waals surface area (Å²) in [6, 6.07) is 14.2. The van der Waals surface area contributed by atoms with Gasteiger partial charge in [0.25, 0.3) is 11.6 Å². The Morgan fingerprint density at radius 1 is 0.970 bits per heavy atom. The highest BCUT2D eigenvalue weighted by molar-refractivity contribution is 6.09. The van der Waals surface area contributed by atoms with E-state index in [2.05, 4.69) is 15.5 Å². The molecule has 4 aromatic rings. The number of hydrogen-bond donors (Lipinski definition) is 1. The summed E-state index contributed by atoms with van der Waals surface area (Å²) < 4.78 is 21.5. The number of fused-ring (bicyclic) bond motifs is 1. The molecule has 1 N–H and O–H groups in total. The van der Waals surface area contributed by atoms with E-state index in [1.54, 1.807) is 34.3 Å². The Balaban J connectivity index is 1.73. The monoisotopic (exact) mass is 447 g/mol. The number of aryl methyl sites for hydroxylation is 1. The maximum atomic E-state index is 13.4. The average Bonchev–Trinajstić information content (AvgIpc) is 3.26. The van der Waals surface area contributed by atoms with Gasteiger partial charge in [-0.15, -0.1) is 0 Å². The number of amides is 1. The molecular formula is C25H25N3O5. The molecule has 0 aliphatic carbocycles. The van der Waals surface area contributed by atoms with Crippen molar-refractivity contribution in [3.8, 4) is 28.5 Å². The lowest BCUT2D eigenvalue weighted by atomic mass is 10.0. The Bertz CT molecular complexity index is 1300. The fourth-order valence-corrected chi connectivity index (χ4v) is 3.73. The largest absolute Gasteiger partial charge is 0.497 e. The van der Waals surface area contributed by atoms with Gasteiger partial charge >= 0.3 is 0 Å². The molecule has 0 bridgehead atoms. The zero-order valence-electron chi connectivity index (χ0n) is 19.1. The van der Waals surface area contributed by atoms with E-state index in [4.69, 9.17) is 18.7 Å². The average molecular weight is 447 g/mol. The van der Waals surface area contributed by atoms with Gasteiger partial charge in [0.2, 0.25) is 0 Å². The molecule has 2 aromatic carbocycles. The van der Waals surface area contributed by atoms with Crippen molar-refractivity contribution in [2.24, 2.45) is 0 Å². The van der Waals surface area contributed by atoms with Crippen LogP contribution in [0.2, 0.25) is 0 Å². The lowest BCUT2D eigenvalue weighted by Gasteiger charge is -2.18. The first-order valence-electron chi connectivity index (χ1n) is 10.4. The second kappa shape index (κ2) is 9.20. The molecule has 0 spiro atoms. The number of methoxy groups -OCH3 is 3. The summed E-state index contributed by atoms with van der Waals surface area (Å²) in [5, 5.41) is 7.80. The highest BCUT2D eigenvalue weighted by Gasteiger charge is 2.23. The first-order chi connectivity index (χ1) is 15.9. The number of benzene rings is 2. The summed E-state index contributed by atoms with van der Waals surface area (Å²) in [6.45, 7) is 3.69. The van der Waals surface area contributed by atoms with Gasteiger partial charge in [-0.05, 0) is 62.4 Å². The molecule has 33 heavy (non-hydrogen) atoms. The third-order valence-electron chi connectivity index (χ3n) is 5.43. The summed E-state index contributed by atoms with van der Waals surface area (Å²) in [7, 11) is 4.79. The number of pyridine rings is 1. The minimum atomic E-state index is -0.352. The van der Waals surface area contributed by atoms with Crippen LogP contribution in [0.5, 0.6) is 17.2 Å². The summed E-state index contributed by atoms with van der Waals surface area (Å²) >= 11 is 0. The third-order valence-corrected chi connectivity index (χ3v) is 5.43. The van der Waals surface area contributed by atoms with Gasteiger partial charge in [0.1, 0.15) is 22.9 Å². The summed E-state index contributed by atoms with van der Waals surface area (Å²) in [4.78, 5) is 17.8. The topological polar surface area (TPSA) is 95.7 Å². The van der Waals surface area contributed by atoms with Crippen LogP contribution in [0.4, 0.5) is 0 Å². The van der Waals surface area contributed by atoms with Crippen LogP contribution in [0, 0.1) is 6.92 Å². The van der Waals surface area contributed by atoms with Crippen LogP contribution in [0.3, 0.4) is 0 Å². The third kappa shape index (κ3) is 4.32. The number of nitrogens with zero attached hydrogens (tertiary/aromatic N) is 2. The van der Waals surface area contributed by atoms with Gasteiger partial charge < -0.3 is 24.1 Å². The standard InChI is InChI=1S/C25H25N3O5/c1-14-12-20(24(29)27-15(2)19-13-18(31-4)10-11-21(19)32-5)22-23(28-33-25(22)26-14)16-6-8-17(30-3)9-7-16/h6-13,15H,1-5H3,(H,27,29)/t15-/m0/s1. The number of carbonyl (C=O) groups is 1. The van der Waals surface area contributed by atoms with Crippen molar-refractivity contribution in [2.45, 2.75) is 19.9 Å². The molecule has 8 heteroatoms. The second-order valence-corrected chi connectivity index (χ2v) is 7.55. The molecule has 1 amide bonds. The molecule has 4 rings (SSSR count). The second-order valence-electron chi connectivity index (χ2n) is 7.55. The number of nitrogens with one attached hydrogen (secondary N) is 1. The maximum absolute atomic E-state index is 13.4. The SMILES string of the molecule is COc1ccc(-c2noc3nc(C)cc(C(=O)N[C@@H](C)c4cc(OC)ccc4OC)c23)cc1. The van der Waals surface area contributed by atoms with Gasteiger partial charge in [-0.25, -0.2) is 4.98 Å². The Labute approximate surface area is 191 Å². The van der Waals surface area contributed by atoms with E-state index in [-0.39, 0.29) is 11.9 Å². The van der Waals surface area contributed by atoms with Crippen molar-refractivity contribution in [2.75, 3.05) is 21.3 Å². The zero-order chi connectivity index (χ0) is 23.5. The Morgan fingerprint density at radius 3 is 2.33 bits per heavy atom. The smallest absolute Gasteiger partial charge is 0.259 e. The van der Waals surface area contributed by atoms with Crippen LogP contribution >= 0.6 is 0 Å². The molecule has 0 saturated carbocycles. The van der Waals surface area contributed by atoms with Crippen LogP contribution in [-0.2, 0) is 0 Å². The molecule has 170 valence electrons. The molecule has 0 aliphatic rings. The minimum absolute atomic E-state index is 0.277. The zero-order valence-corrected chi connectivity index (χ0v) is 19.1. The summed E-state index contributed by atoms with van der Waals surface area (Å²) in [6.07, 6.45) is 0. The van der Waals surface area contributed by atoms with Gasteiger partial charge in [0, 0.05) is 16.8 Å². The quantitative estimate of drug-likeness (QED) is 0.438. The fraction of sp³-hybridized carbons (Fsp3) is 0.240. The van der Waals surface area contributed by atoms with E-state index in [9.17, 15) is 4.79 Å². The van der Waals surface area contributed by atoms with Crippen LogP contribution in [0.1, 0.15) is 34.6 Å². The Hall–Kier alpha value is -4.07. The molecule has 8 nitrogen and oxygen atoms in total. The minimum Gasteiger partial charge on any atom is -0.497 e. The van der Waals surface area contributed by atoms with Crippen molar-refractivity contribution >= 4 is 17.0 Å². The van der Waals surface area contributed by atoms with E-state index in [0.29, 0.717) is 39.6 Å². The van der Waals surface area contributed by atoms with Crippen molar-refractivity contribution in [1.29, 1.82) is 0 Å². The molecule has 0 fully saturated rings. The molecule has 0 unspecified atom stereocenters. The van der Waals surface area contributed by atoms with Crippen LogP contribution in [-0.4, -0.2) is 37.4 Å². The van der Waals surface area contributed by atoms with E-state index >= 15 is 0 Å². The highest BCUT2D eigenvalue weighted by Crippen LogP contribution is 2.33. The van der Waals surface area contributed by atoms with E-state index < -0.39 is 0 Å². The fourth-order valence-electron chi connectivity index (χ4n) is 3.73. The van der Waals surface area contributed by atoms with E-state index in [1.165, 1.54) is 0 Å². The lowest BCUT2D eigenvalue weighted by molar-refractivity contribution is 0.0941. The van der Waals surface area contributed by atoms with Gasteiger partial charge in [0.05, 0.1) is 38.3 Å². The van der Waals surface area contributed by atoms with Gasteiger partial charge in [-0.3, -0.25) is 4.79 Å². The summed E-state index contributed by atoms with van der Waals surface area (Å²) in [5.41, 5.74) is 3.51. The first-order valence-corrected chi connectivity index (χ1v) is 10.4. The maximum Gasteiger partial charge on any atom is 0.259 e. The highest BCUT2D eigenvalue weighted by atomic mass is 16.5. The van der Waals surface area contributed by atoms with E-state index in [0.717, 1.165) is 16.9 Å². The number of hydrogen-bond acceptors (Lipinski definition) is 7. The number of rotatable bonds is 7. The van der Waals surface area contributed by atoms with Crippen molar-refractivity contribution in [3.05, 3.63) is 65.4 Å². The van der Waals surface area contributed by atoms with E-state index in [1.807, 2.05) is 49.4 Å². The molecule has 0 saturated heterocycles. The predicted octanol–water partition coefficient (Wildman–Crippen LogP) is 4.72. The predicted molar refractivity (Wildman–Crippen MR) is 124 cm³/mol. The van der Waals surface area contributed by atoms with Gasteiger partial charge in [-0.2, -0.15) is 0 Å². The van der Waals surface area contributed by atoms with Crippen LogP contribution in [0.25, 0.3) is 22.4 Å². The molecule has 0 radical (unpaired) electrons. The molecular weight excluding hydrogens is 422 g/mol.